The molecule has 11 heteroatoms. The molecule has 2 atom stereocenters. The number of carbonyl (C=O) groups excluding carboxylic acids is 2. The summed E-state index contributed by atoms with van der Waals surface area (Å²) in [6.07, 6.45) is -0.630. The lowest BCUT2D eigenvalue weighted by Crippen LogP contribution is -2.53. The van der Waals surface area contributed by atoms with Gasteiger partial charge in [-0.15, -0.1) is 5.06 Å². The Bertz CT molecular complexity index is 939. The minimum Gasteiger partial charge on any atom is -0.364 e. The van der Waals surface area contributed by atoms with Crippen LogP contribution in [0.15, 0.2) is 41.2 Å². The van der Waals surface area contributed by atoms with E-state index in [0.29, 0.717) is 12.8 Å². The first kappa shape index (κ1) is 22.3. The number of benzene rings is 1. The summed E-state index contributed by atoms with van der Waals surface area (Å²) >= 11 is 0. The van der Waals surface area contributed by atoms with Crippen LogP contribution in [0, 0.1) is 11.3 Å². The van der Waals surface area contributed by atoms with Gasteiger partial charge in [0.05, 0.1) is 12.3 Å². The second-order valence-corrected chi connectivity index (χ2v) is 7.03. The van der Waals surface area contributed by atoms with Crippen molar-refractivity contribution in [3.05, 3.63) is 42.3 Å². The number of nitriles is 1. The number of aromatic nitrogens is 1. The maximum absolute atomic E-state index is 12.6. The van der Waals surface area contributed by atoms with Crippen molar-refractivity contribution in [2.75, 3.05) is 6.54 Å². The van der Waals surface area contributed by atoms with Crippen molar-refractivity contribution in [3.8, 4) is 17.2 Å². The molecule has 0 radical (unpaired) electrons. The third kappa shape index (κ3) is 5.82. The Morgan fingerprint density at radius 1 is 1.29 bits per heavy atom. The summed E-state index contributed by atoms with van der Waals surface area (Å²) in [5.41, 5.74) is 2.44. The number of amides is 1. The van der Waals surface area contributed by atoms with Gasteiger partial charge >= 0.3 is 12.1 Å². The Kier molecular flexibility index (Phi) is 6.91. The monoisotopic (exact) mass is 436 g/mol. The van der Waals surface area contributed by atoms with E-state index in [1.54, 1.807) is 18.3 Å². The Morgan fingerprint density at radius 2 is 2.03 bits per heavy atom. The number of nitrogens with one attached hydrogen (secondary N) is 1. The quantitative estimate of drug-likeness (QED) is 0.742. The molecule has 1 fully saturated rings. The van der Waals surface area contributed by atoms with E-state index in [-0.39, 0.29) is 19.4 Å². The van der Waals surface area contributed by atoms with Gasteiger partial charge in [-0.2, -0.15) is 18.4 Å². The fourth-order valence-corrected chi connectivity index (χ4v) is 3.25. The highest BCUT2D eigenvalue weighted by Crippen LogP contribution is 2.23. The van der Waals surface area contributed by atoms with Crippen molar-refractivity contribution in [3.63, 3.8) is 0 Å². The van der Waals surface area contributed by atoms with Gasteiger partial charge in [0, 0.05) is 18.5 Å². The van der Waals surface area contributed by atoms with E-state index in [1.165, 1.54) is 6.26 Å². The molecule has 0 bridgehead atoms. The van der Waals surface area contributed by atoms with Crippen LogP contribution in [-0.4, -0.2) is 46.9 Å². The van der Waals surface area contributed by atoms with Crippen LogP contribution in [-0.2, 0) is 20.8 Å². The normalized spacial score (nSPS) is 18.1. The third-order valence-corrected chi connectivity index (χ3v) is 4.82. The molecular formula is C20H19F3N4O4. The Labute approximate surface area is 175 Å². The largest absolute Gasteiger partial charge is 0.492 e. The number of hydrogen-bond acceptors (Lipinski definition) is 7. The van der Waals surface area contributed by atoms with E-state index in [2.05, 4.69) is 15.3 Å². The zero-order valence-electron chi connectivity index (χ0n) is 16.3. The summed E-state index contributed by atoms with van der Waals surface area (Å²) in [7, 11) is 0. The Hall–Kier alpha value is -3.39. The highest BCUT2D eigenvalue weighted by atomic mass is 19.4. The zero-order valence-corrected chi connectivity index (χ0v) is 16.3. The zero-order chi connectivity index (χ0) is 22.4. The van der Waals surface area contributed by atoms with Crippen LogP contribution in [0.3, 0.4) is 0 Å². The van der Waals surface area contributed by atoms with Gasteiger partial charge < -0.3 is 14.7 Å². The molecule has 1 aromatic carbocycles. The number of piperidine rings is 1. The van der Waals surface area contributed by atoms with Crippen molar-refractivity contribution in [1.29, 1.82) is 5.26 Å². The van der Waals surface area contributed by atoms with Crippen LogP contribution in [0.25, 0.3) is 11.1 Å². The molecule has 31 heavy (non-hydrogen) atoms. The average Bonchev–Trinajstić information content (AvgIpc) is 3.28. The van der Waals surface area contributed by atoms with Crippen LogP contribution in [0.4, 0.5) is 13.2 Å². The van der Waals surface area contributed by atoms with E-state index in [1.807, 2.05) is 18.2 Å². The van der Waals surface area contributed by atoms with Crippen LogP contribution in [0.5, 0.6) is 0 Å². The standard InChI is InChI=1S/C20H19F3N4O4/c21-20(22,23)19(29)31-27-8-2-1-3-17(27)18(28)26-16(10-24)9-13-4-6-14(7-5-13)15-11-25-30-12-15/h4-7,11-12,16-17H,1-3,8-9H2,(H,26,28)/t16-,17-/m0/s1. The molecule has 1 aromatic heterocycles. The summed E-state index contributed by atoms with van der Waals surface area (Å²) in [5.74, 6) is -3.04. The van der Waals surface area contributed by atoms with Gasteiger partial charge in [-0.05, 0) is 30.4 Å². The van der Waals surface area contributed by atoms with E-state index in [4.69, 9.17) is 4.52 Å². The van der Waals surface area contributed by atoms with Gasteiger partial charge in [0.2, 0.25) is 5.91 Å². The molecule has 0 aliphatic carbocycles. The molecule has 1 aliphatic heterocycles. The fourth-order valence-electron chi connectivity index (χ4n) is 3.25. The second kappa shape index (κ2) is 9.61. The van der Waals surface area contributed by atoms with E-state index in [0.717, 1.165) is 21.8 Å². The number of nitrogens with zero attached hydrogens (tertiary/aromatic N) is 3. The van der Waals surface area contributed by atoms with Gasteiger partial charge in [0.25, 0.3) is 0 Å². The minimum absolute atomic E-state index is 0.00145. The summed E-state index contributed by atoms with van der Waals surface area (Å²) < 4.78 is 42.3. The predicted molar refractivity (Wildman–Crippen MR) is 99.7 cm³/mol. The lowest BCUT2D eigenvalue weighted by molar-refractivity contribution is -0.248. The van der Waals surface area contributed by atoms with Crippen LogP contribution in [0.2, 0.25) is 0 Å². The van der Waals surface area contributed by atoms with Crippen molar-refractivity contribution in [2.45, 2.75) is 43.9 Å². The van der Waals surface area contributed by atoms with E-state index >= 15 is 0 Å². The highest BCUT2D eigenvalue weighted by molar-refractivity contribution is 5.83. The first-order valence-corrected chi connectivity index (χ1v) is 9.52. The molecule has 1 aliphatic rings. The molecule has 1 N–H and O–H groups in total. The number of hydrogen-bond donors (Lipinski definition) is 1. The maximum atomic E-state index is 12.6. The van der Waals surface area contributed by atoms with Crippen LogP contribution < -0.4 is 5.32 Å². The van der Waals surface area contributed by atoms with Gasteiger partial charge in [-0.3, -0.25) is 4.79 Å². The molecule has 8 nitrogen and oxygen atoms in total. The molecule has 2 heterocycles. The molecule has 3 rings (SSSR count). The summed E-state index contributed by atoms with van der Waals surface area (Å²) in [6, 6.07) is 7.19. The summed E-state index contributed by atoms with van der Waals surface area (Å²) in [6.45, 7) is 0.00145. The first-order chi connectivity index (χ1) is 14.8. The average molecular weight is 436 g/mol. The van der Waals surface area contributed by atoms with Gasteiger partial charge in [-0.25, -0.2) is 4.79 Å². The predicted octanol–water partition coefficient (Wildman–Crippen LogP) is 2.77. The Morgan fingerprint density at radius 3 is 2.65 bits per heavy atom. The molecule has 2 aromatic rings. The highest BCUT2D eigenvalue weighted by Gasteiger charge is 2.44. The van der Waals surface area contributed by atoms with Crippen LogP contribution in [0.1, 0.15) is 24.8 Å². The minimum atomic E-state index is -5.16. The topological polar surface area (TPSA) is 108 Å². The number of rotatable bonds is 6. The van der Waals surface area contributed by atoms with Gasteiger partial charge in [0.15, 0.2) is 0 Å². The fraction of sp³-hybridized carbons (Fsp3) is 0.400. The molecule has 0 spiro atoms. The third-order valence-electron chi connectivity index (χ3n) is 4.82. The van der Waals surface area contributed by atoms with E-state index < -0.39 is 30.1 Å². The van der Waals surface area contributed by atoms with Gasteiger partial charge in [0.1, 0.15) is 18.3 Å². The van der Waals surface area contributed by atoms with Crippen molar-refractivity contribution < 1.29 is 32.1 Å². The Balaban J connectivity index is 1.61. The maximum Gasteiger partial charge on any atom is 0.492 e. The molecule has 1 saturated heterocycles. The number of hydroxylamine groups is 2. The van der Waals surface area contributed by atoms with Crippen molar-refractivity contribution in [2.24, 2.45) is 0 Å². The molecule has 0 saturated carbocycles. The molecular weight excluding hydrogens is 417 g/mol. The number of halogens is 3. The molecule has 164 valence electrons. The molecule has 0 unspecified atom stereocenters. The van der Waals surface area contributed by atoms with E-state index in [9.17, 15) is 28.0 Å². The lowest BCUT2D eigenvalue weighted by atomic mass is 10.0. The molecule has 1 amide bonds. The summed E-state index contributed by atoms with van der Waals surface area (Å²) in [4.78, 5) is 28.1. The second-order valence-electron chi connectivity index (χ2n) is 7.03. The smallest absolute Gasteiger partial charge is 0.364 e. The first-order valence-electron chi connectivity index (χ1n) is 9.52. The van der Waals surface area contributed by atoms with Crippen molar-refractivity contribution >= 4 is 11.9 Å². The van der Waals surface area contributed by atoms with Crippen molar-refractivity contribution in [1.82, 2.24) is 15.5 Å². The number of carbonyl (C=O) groups is 2. The van der Waals surface area contributed by atoms with Gasteiger partial charge in [-0.1, -0.05) is 29.4 Å². The summed E-state index contributed by atoms with van der Waals surface area (Å²) in [5, 5.41) is 16.3. The van der Waals surface area contributed by atoms with Crippen LogP contribution >= 0.6 is 0 Å². The SMILES string of the molecule is N#C[C@H](Cc1ccc(-c2cnoc2)cc1)NC(=O)[C@@H]1CCCCN1OC(=O)C(F)(F)F. The lowest BCUT2D eigenvalue weighted by Gasteiger charge is -2.33. The number of alkyl halides is 3.